The minimum Gasteiger partial charge on any atom is -0.480 e. The summed E-state index contributed by atoms with van der Waals surface area (Å²) in [5, 5.41) is 9.04. The fourth-order valence-electron chi connectivity index (χ4n) is 1.88. The Hall–Kier alpha value is -1.93. The first-order valence-corrected chi connectivity index (χ1v) is 8.80. The van der Waals surface area contributed by atoms with Gasteiger partial charge in [-0.15, -0.1) is 0 Å². The molecule has 0 radical (unpaired) electrons. The van der Waals surface area contributed by atoms with Crippen LogP contribution in [0.4, 0.5) is 0 Å². The predicted octanol–water partition coefficient (Wildman–Crippen LogP) is 1.39. The van der Waals surface area contributed by atoms with E-state index in [1.54, 1.807) is 20.8 Å². The summed E-state index contributed by atoms with van der Waals surface area (Å²) in [4.78, 5) is 22.6. The Morgan fingerprint density at radius 1 is 1.22 bits per heavy atom. The number of carbonyl (C=O) groups is 2. The standard InChI is InChI=1S/C15H21NO6S/c1-4-22-15(19)12-7-5-11(6-8-12)9-23(20,21)16-13(10(2)3)14(17)18/h5-8,10,13,16H,4,9H2,1-3H3,(H,17,18)/t13-/m1/s1. The Bertz CT molecular complexity index is 651. The van der Waals surface area contributed by atoms with E-state index in [4.69, 9.17) is 9.84 Å². The summed E-state index contributed by atoms with van der Waals surface area (Å²) in [6, 6.07) is 4.76. The van der Waals surface area contributed by atoms with Crippen LogP contribution in [0.2, 0.25) is 0 Å². The lowest BCUT2D eigenvalue weighted by molar-refractivity contribution is -0.140. The molecule has 0 heterocycles. The van der Waals surface area contributed by atoms with E-state index < -0.39 is 28.0 Å². The van der Waals surface area contributed by atoms with Gasteiger partial charge in [-0.3, -0.25) is 4.79 Å². The Morgan fingerprint density at radius 2 is 1.78 bits per heavy atom. The maximum Gasteiger partial charge on any atom is 0.338 e. The number of aliphatic carboxylic acids is 1. The molecule has 0 aliphatic carbocycles. The Labute approximate surface area is 135 Å². The average Bonchev–Trinajstić information content (AvgIpc) is 2.45. The molecule has 0 amide bonds. The highest BCUT2D eigenvalue weighted by Gasteiger charge is 2.27. The maximum absolute atomic E-state index is 12.1. The van der Waals surface area contributed by atoms with E-state index in [1.807, 2.05) is 0 Å². The molecule has 0 bridgehead atoms. The van der Waals surface area contributed by atoms with Gasteiger partial charge in [0.05, 0.1) is 17.9 Å². The lowest BCUT2D eigenvalue weighted by Gasteiger charge is -2.18. The molecule has 0 fully saturated rings. The number of rotatable bonds is 8. The van der Waals surface area contributed by atoms with E-state index in [9.17, 15) is 18.0 Å². The second kappa shape index (κ2) is 8.07. The van der Waals surface area contributed by atoms with E-state index in [-0.39, 0.29) is 18.3 Å². The molecule has 0 aliphatic rings. The summed E-state index contributed by atoms with van der Waals surface area (Å²) in [6.07, 6.45) is 0. The van der Waals surface area contributed by atoms with Gasteiger partial charge in [-0.25, -0.2) is 17.9 Å². The zero-order chi connectivity index (χ0) is 17.6. The Balaban J connectivity index is 2.81. The minimum absolute atomic E-state index is 0.255. The normalized spacial score (nSPS) is 12.9. The molecule has 0 saturated heterocycles. The third-order valence-electron chi connectivity index (χ3n) is 3.06. The number of sulfonamides is 1. The fourth-order valence-corrected chi connectivity index (χ4v) is 3.35. The second-order valence-corrected chi connectivity index (χ2v) is 7.11. The third-order valence-corrected chi connectivity index (χ3v) is 4.39. The molecule has 1 aromatic rings. The van der Waals surface area contributed by atoms with Crippen LogP contribution in [0.1, 0.15) is 36.7 Å². The molecule has 1 aromatic carbocycles. The van der Waals surface area contributed by atoms with E-state index in [1.165, 1.54) is 24.3 Å². The molecule has 0 unspecified atom stereocenters. The number of carbonyl (C=O) groups excluding carboxylic acids is 1. The second-order valence-electron chi connectivity index (χ2n) is 5.35. The van der Waals surface area contributed by atoms with Crippen molar-refractivity contribution in [3.05, 3.63) is 35.4 Å². The van der Waals surface area contributed by atoms with Gasteiger partial charge in [-0.1, -0.05) is 26.0 Å². The van der Waals surface area contributed by atoms with Crippen LogP contribution in [0.3, 0.4) is 0 Å². The molecule has 128 valence electrons. The van der Waals surface area contributed by atoms with Crippen LogP contribution < -0.4 is 4.72 Å². The number of nitrogens with one attached hydrogen (secondary N) is 1. The molecule has 2 N–H and O–H groups in total. The first-order valence-electron chi connectivity index (χ1n) is 7.15. The molecule has 0 saturated carbocycles. The van der Waals surface area contributed by atoms with Gasteiger partial charge in [0.2, 0.25) is 10.0 Å². The molecule has 0 spiro atoms. The summed E-state index contributed by atoms with van der Waals surface area (Å²) in [5.41, 5.74) is 0.769. The molecule has 1 atom stereocenters. The van der Waals surface area contributed by atoms with Crippen molar-refractivity contribution in [1.29, 1.82) is 0 Å². The number of ether oxygens (including phenoxy) is 1. The average molecular weight is 343 g/mol. The Kier molecular flexibility index (Phi) is 6.71. The highest BCUT2D eigenvalue weighted by Crippen LogP contribution is 2.11. The molecule has 0 aromatic heterocycles. The number of hydrogen-bond acceptors (Lipinski definition) is 5. The molecule has 8 heteroatoms. The van der Waals surface area contributed by atoms with Crippen LogP contribution >= 0.6 is 0 Å². The van der Waals surface area contributed by atoms with Crippen molar-refractivity contribution in [1.82, 2.24) is 4.72 Å². The molecule has 7 nitrogen and oxygen atoms in total. The van der Waals surface area contributed by atoms with Gasteiger partial charge in [-0.05, 0) is 30.5 Å². The molecular weight excluding hydrogens is 322 g/mol. The number of carboxylic acids is 1. The van der Waals surface area contributed by atoms with Crippen LogP contribution in [-0.4, -0.2) is 38.1 Å². The predicted molar refractivity (Wildman–Crippen MR) is 84.4 cm³/mol. The van der Waals surface area contributed by atoms with E-state index >= 15 is 0 Å². The van der Waals surface area contributed by atoms with Crippen molar-refractivity contribution < 1.29 is 27.9 Å². The first kappa shape index (κ1) is 19.1. The fraction of sp³-hybridized carbons (Fsp3) is 0.467. The highest BCUT2D eigenvalue weighted by atomic mass is 32.2. The van der Waals surface area contributed by atoms with Gasteiger partial charge >= 0.3 is 11.9 Å². The summed E-state index contributed by atoms with van der Waals surface area (Å²) >= 11 is 0. The summed E-state index contributed by atoms with van der Waals surface area (Å²) in [6.45, 7) is 5.19. The molecular formula is C15H21NO6S. The quantitative estimate of drug-likeness (QED) is 0.690. The van der Waals surface area contributed by atoms with E-state index in [2.05, 4.69) is 4.72 Å². The van der Waals surface area contributed by atoms with Crippen LogP contribution in [0, 0.1) is 5.92 Å². The van der Waals surface area contributed by atoms with Crippen molar-refractivity contribution in [2.75, 3.05) is 6.61 Å². The van der Waals surface area contributed by atoms with Crippen molar-refractivity contribution in [3.8, 4) is 0 Å². The topological polar surface area (TPSA) is 110 Å². The molecule has 0 aliphatic heterocycles. The van der Waals surface area contributed by atoms with Crippen molar-refractivity contribution in [3.63, 3.8) is 0 Å². The zero-order valence-electron chi connectivity index (χ0n) is 13.3. The summed E-state index contributed by atoms with van der Waals surface area (Å²) in [7, 11) is -3.81. The van der Waals surface area contributed by atoms with Crippen LogP contribution in [0.15, 0.2) is 24.3 Å². The molecule has 23 heavy (non-hydrogen) atoms. The van der Waals surface area contributed by atoms with Gasteiger partial charge < -0.3 is 9.84 Å². The van der Waals surface area contributed by atoms with Crippen LogP contribution in [-0.2, 0) is 25.3 Å². The van der Waals surface area contributed by atoms with Crippen LogP contribution in [0.25, 0.3) is 0 Å². The van der Waals surface area contributed by atoms with E-state index in [0.29, 0.717) is 11.1 Å². The summed E-state index contributed by atoms with van der Waals surface area (Å²) < 4.78 is 31.2. The zero-order valence-corrected chi connectivity index (χ0v) is 14.1. The van der Waals surface area contributed by atoms with Crippen molar-refractivity contribution in [2.24, 2.45) is 5.92 Å². The van der Waals surface area contributed by atoms with Crippen LogP contribution in [0.5, 0.6) is 0 Å². The highest BCUT2D eigenvalue weighted by molar-refractivity contribution is 7.88. The monoisotopic (exact) mass is 343 g/mol. The van der Waals surface area contributed by atoms with Gasteiger partial charge in [0.15, 0.2) is 0 Å². The number of carboxylic acid groups (broad SMARTS) is 1. The van der Waals surface area contributed by atoms with Gasteiger partial charge in [0.25, 0.3) is 0 Å². The SMILES string of the molecule is CCOC(=O)c1ccc(CS(=O)(=O)N[C@@H](C(=O)O)C(C)C)cc1. The number of hydrogen-bond donors (Lipinski definition) is 2. The minimum atomic E-state index is -3.81. The number of esters is 1. The number of benzene rings is 1. The van der Waals surface area contributed by atoms with Gasteiger partial charge in [-0.2, -0.15) is 0 Å². The largest absolute Gasteiger partial charge is 0.480 e. The van der Waals surface area contributed by atoms with E-state index in [0.717, 1.165) is 0 Å². The van der Waals surface area contributed by atoms with Crippen molar-refractivity contribution >= 4 is 22.0 Å². The lowest BCUT2D eigenvalue weighted by Crippen LogP contribution is -2.44. The first-order chi connectivity index (χ1) is 10.7. The maximum atomic E-state index is 12.1. The van der Waals surface area contributed by atoms with Gasteiger partial charge in [0.1, 0.15) is 6.04 Å². The molecule has 1 rings (SSSR count). The smallest absolute Gasteiger partial charge is 0.338 e. The summed E-state index contributed by atoms with van der Waals surface area (Å²) in [5.74, 6) is -2.45. The van der Waals surface area contributed by atoms with Gasteiger partial charge in [0, 0.05) is 0 Å². The Morgan fingerprint density at radius 3 is 2.22 bits per heavy atom. The van der Waals surface area contributed by atoms with Crippen molar-refractivity contribution in [2.45, 2.75) is 32.6 Å². The lowest BCUT2D eigenvalue weighted by atomic mass is 10.1. The third kappa shape index (κ3) is 5.99.